The minimum atomic E-state index is -1.52. The quantitative estimate of drug-likeness (QED) is 0.00462. The van der Waals surface area contributed by atoms with Gasteiger partial charge in [0.2, 0.25) is 34.6 Å². The number of esters is 6. The van der Waals surface area contributed by atoms with Crippen LogP contribution in [0.4, 0.5) is 17.1 Å². The summed E-state index contributed by atoms with van der Waals surface area (Å²) in [6.07, 6.45) is 14.6. The van der Waals surface area contributed by atoms with E-state index in [-0.39, 0.29) is 203 Å². The summed E-state index contributed by atoms with van der Waals surface area (Å²) >= 11 is 2.86. The van der Waals surface area contributed by atoms with Gasteiger partial charge in [-0.15, -0.1) is 0 Å². The molecule has 3 aliphatic carbocycles. The van der Waals surface area contributed by atoms with Crippen molar-refractivity contribution < 1.29 is 235 Å². The van der Waals surface area contributed by atoms with Crippen LogP contribution in [0.25, 0.3) is 66.9 Å². The second-order valence-corrected chi connectivity index (χ2v) is 47.0. The Balaban J connectivity index is 0.000000214. The van der Waals surface area contributed by atoms with E-state index in [9.17, 15) is 43.2 Å². The number of amides is 3. The average molecular weight is 2060 g/mol. The number of nitrogens with zero attached hydrogens (tertiary/aromatic N) is 7. The Morgan fingerprint density at radius 3 is 1.23 bits per heavy atom. The van der Waals surface area contributed by atoms with E-state index in [1.165, 1.54) is 37.4 Å². The van der Waals surface area contributed by atoms with Crippen molar-refractivity contribution >= 4 is 142 Å². The van der Waals surface area contributed by atoms with Gasteiger partial charge in [-0.25, -0.2) is 28.5 Å². The minimum absolute atomic E-state index is 0. The fraction of sp³-hybridized carbons (Fsp3) is 0.511. The molecular weight excluding hydrogens is 1950 g/mol. The molecule has 0 radical (unpaired) electrons. The van der Waals surface area contributed by atoms with Gasteiger partial charge in [0.05, 0.1) is 96.2 Å². The molecule has 0 atom stereocenters. The Morgan fingerprint density at radius 1 is 0.504 bits per heavy atom. The second-order valence-electron chi connectivity index (χ2n) is 34.9. The molecule has 5 N–H and O–H groups in total. The van der Waals surface area contributed by atoms with Gasteiger partial charge >= 0.3 is 174 Å². The molecular formula is C88H115BrCs2N12O20Si2. The van der Waals surface area contributed by atoms with Crippen molar-refractivity contribution in [1.29, 1.82) is 0 Å². The van der Waals surface area contributed by atoms with E-state index in [2.05, 4.69) is 125 Å². The normalized spacial score (nSPS) is 15.1. The Bertz CT molecular complexity index is 5450. The Morgan fingerprint density at radius 2 is 0.856 bits per heavy atom. The van der Waals surface area contributed by atoms with Crippen LogP contribution >= 0.6 is 15.9 Å². The molecule has 0 bridgehead atoms. The number of H-pyrrole nitrogens is 4. The van der Waals surface area contributed by atoms with Gasteiger partial charge in [-0.2, -0.15) is 15.3 Å². The van der Waals surface area contributed by atoms with Crippen molar-refractivity contribution in [2.75, 3.05) is 68.0 Å². The number of rotatable bonds is 25. The Hall–Kier alpha value is -6.49. The fourth-order valence-electron chi connectivity index (χ4n) is 16.3. The van der Waals surface area contributed by atoms with Crippen LogP contribution in [-0.2, 0) is 159 Å². The van der Waals surface area contributed by atoms with Crippen LogP contribution in [0.2, 0.25) is 51.4 Å². The van der Waals surface area contributed by atoms with E-state index in [1.807, 2.05) is 67.5 Å². The van der Waals surface area contributed by atoms with Gasteiger partial charge in [-0.05, 0) is 239 Å². The van der Waals surface area contributed by atoms with Gasteiger partial charge in [0.1, 0.15) is 24.8 Å². The molecule has 3 aliphatic heterocycles. The zero-order valence-electron chi connectivity index (χ0n) is 76.5. The number of hydrogen-bond donors (Lipinski definition) is 5. The van der Waals surface area contributed by atoms with Gasteiger partial charge < -0.3 is 69.7 Å². The maximum Gasteiger partial charge on any atom is 1.00 e. The van der Waals surface area contributed by atoms with E-state index >= 15 is 0 Å². The van der Waals surface area contributed by atoms with Crippen LogP contribution in [0.1, 0.15) is 154 Å². The summed E-state index contributed by atoms with van der Waals surface area (Å²) in [4.78, 5) is 137. The molecule has 15 rings (SSSR count). The third-order valence-corrected chi connectivity index (χ3v) is 26.9. The first-order chi connectivity index (χ1) is 58.3. The van der Waals surface area contributed by atoms with Crippen molar-refractivity contribution in [3.05, 3.63) is 105 Å². The van der Waals surface area contributed by atoms with Crippen LogP contribution in [0.15, 0.2) is 55.0 Å². The number of anilines is 3. The van der Waals surface area contributed by atoms with Crippen LogP contribution in [0.5, 0.6) is 0 Å². The minimum Gasteiger partial charge on any atom is -1.00 e. The molecule has 6 aliphatic rings. The van der Waals surface area contributed by atoms with Crippen LogP contribution in [0.3, 0.4) is 0 Å². The number of carbonyl (C=O) groups excluding carboxylic acids is 10. The zero-order valence-corrected chi connectivity index (χ0v) is 91.7. The number of carbonyl (C=O) groups is 10. The predicted molar refractivity (Wildman–Crippen MR) is 470 cm³/mol. The number of aromatic nitrogens is 9. The largest absolute Gasteiger partial charge is 1.00 e. The monoisotopic (exact) mass is 2060 g/mol. The van der Waals surface area contributed by atoms with E-state index in [0.717, 1.165) is 178 Å². The molecule has 0 unspecified atom stereocenters. The van der Waals surface area contributed by atoms with Gasteiger partial charge in [0.25, 0.3) is 6.47 Å². The molecule has 3 amide bonds. The molecule has 3 aromatic carbocycles. The predicted octanol–water partition coefficient (Wildman–Crippen LogP) is 6.61. The maximum atomic E-state index is 13.8. The van der Waals surface area contributed by atoms with Gasteiger partial charge in [0, 0.05) is 80.2 Å². The summed E-state index contributed by atoms with van der Waals surface area (Å²) < 4.78 is 45.7. The first kappa shape index (κ1) is 102. The smallest absolute Gasteiger partial charge is 1.00 e. The molecule has 0 saturated carbocycles. The molecule has 0 fully saturated rings. The van der Waals surface area contributed by atoms with E-state index < -0.39 is 85.1 Å². The summed E-state index contributed by atoms with van der Waals surface area (Å²) in [5.41, 5.74) is 18.1. The summed E-state index contributed by atoms with van der Waals surface area (Å²) in [6.45, 7) is 38.4. The zero-order chi connectivity index (χ0) is 89.5. The number of nitrogens with one attached hydrogen (secondary N) is 5. The molecule has 0 saturated heterocycles. The van der Waals surface area contributed by atoms with Crippen LogP contribution in [0, 0.1) is 0 Å². The Kier molecular flexibility index (Phi) is 35.6. The summed E-state index contributed by atoms with van der Waals surface area (Å²) in [6, 6.07) is 11.3. The van der Waals surface area contributed by atoms with Crippen molar-refractivity contribution in [3.63, 3.8) is 0 Å². The average Bonchev–Trinajstić information content (AvgIpc) is 1.56. The number of benzene rings is 3. The number of hydrogen-bond acceptors (Lipinski definition) is 23. The molecule has 32 nitrogen and oxygen atoms in total. The molecule has 6 aromatic heterocycles. The van der Waals surface area contributed by atoms with Crippen molar-refractivity contribution in [2.24, 2.45) is 0 Å². The Labute approximate surface area is 856 Å². The number of aryl methyl sites for hydroxylation is 6. The van der Waals surface area contributed by atoms with Crippen molar-refractivity contribution in [3.8, 4) is 34.2 Å². The molecule has 0 spiro atoms. The topological polar surface area (TPSA) is 407 Å². The maximum absolute atomic E-state index is 13.8. The third-order valence-electron chi connectivity index (χ3n) is 22.7. The molecule has 37 heteroatoms. The molecule has 9 aromatic rings. The molecule has 664 valence electrons. The molecule has 125 heavy (non-hydrogen) atoms. The summed E-state index contributed by atoms with van der Waals surface area (Å²) in [7, 11) is -2.26. The number of halogens is 1. The van der Waals surface area contributed by atoms with E-state index in [0.29, 0.717) is 24.8 Å². The summed E-state index contributed by atoms with van der Waals surface area (Å²) in [5.74, 6) is -5.06. The third kappa shape index (κ3) is 22.4. The van der Waals surface area contributed by atoms with Crippen molar-refractivity contribution in [2.45, 2.75) is 239 Å². The first-order valence-electron chi connectivity index (χ1n) is 42.1. The van der Waals surface area contributed by atoms with E-state index in [1.54, 1.807) is 55.4 Å². The number of ether oxygens (including phenoxy) is 8. The number of fused-ring (bicyclic) bond motifs is 18. The van der Waals surface area contributed by atoms with Crippen molar-refractivity contribution in [1.82, 2.24) is 44.7 Å². The van der Waals surface area contributed by atoms with Crippen LogP contribution in [-0.4, -0.2) is 191 Å². The fourth-order valence-corrected chi connectivity index (χ4v) is 18.1. The van der Waals surface area contributed by atoms with Crippen LogP contribution < -0.4 is 158 Å². The molecule has 9 heterocycles. The van der Waals surface area contributed by atoms with E-state index in [4.69, 9.17) is 48.7 Å². The first-order valence-corrected chi connectivity index (χ1v) is 50.4. The standard InChI is InChI=1S/C31H42N4O6Si.C25H28N4O5.C24H32N4O2Si.C7H11BrO4.CH2O3.2Cs.H/c1-8-40-28(36)27(29(37)41-9-2)35-24-15-21-20-12-10-11-19-17-34(18-39-13-14-42(5,6)7)33-25(19)26(20)32-23(21)16-22(24)31(3,4)30(35)38;1-5-33-22(30)21(23(31)34-6-2)29-18-10-15-14-9-7-8-13-12-26-28-19(13)20(14)27-17(15)11-16(18)25(3,4)24(29)32;1-24(2)18-12-19-17(11-20(18)26-23(24)29)16-8-6-7-15-13-28(27-21(15)22(16)25-19)14-30-9-10-31(3,4)5;1-3-11-6(9)5(8)7(10)12-4-2;2-1-4-3;;;/h15-17,27,32H,8-14,18H2,1-7H3;10-12,21,27H,5-9H2,1-4H3,(H,26,28);11-13,25H,6-10,14H2,1-5H3,(H,26,29);5H,3-4H2,1-2H3;1,3H;;;/q;;;;;2*+1;-1/p-1. The van der Waals surface area contributed by atoms with Gasteiger partial charge in [-0.1, -0.05) is 55.2 Å². The number of alkyl halides is 1. The number of aromatic amines is 4. The van der Waals surface area contributed by atoms with Gasteiger partial charge in [0.15, 0.2) is 0 Å². The van der Waals surface area contributed by atoms with Gasteiger partial charge in [-0.3, -0.25) is 43.7 Å². The SMILES string of the molecule is CC1(C)C(=O)Nc2cc3c4c([nH]c3cc21)-c1nn(COCC[Si](C)(C)C)cc1CCC4.CCOC(=O)C(Br)C(=O)OCC.CCOC(=O)C(C(=O)OCC)N1C(=O)C(C)(C)c2cc3[nH]c4c(c3cc21)CCCc1cn(COCC[Si](C)(C)C)nc1-4.CCOC(=O)C(C(=O)OCC)N1C(=O)C(C)(C)c2cc3[nH]c4c(c3cc21)CCCc1cn[nH]c1-4.O=CO[O-].[Cs+].[Cs+].[H-]. The summed E-state index contributed by atoms with van der Waals surface area (Å²) in [5, 5.41) is 31.7. The second kappa shape index (κ2) is 43.5.